The molecule has 0 saturated carbocycles. The second kappa shape index (κ2) is 7.61. The van der Waals surface area contributed by atoms with Gasteiger partial charge in [-0.1, -0.05) is 6.92 Å². The average Bonchev–Trinajstić information content (AvgIpc) is 2.65. The van der Waals surface area contributed by atoms with E-state index in [1.807, 2.05) is 6.92 Å². The number of nitrogens with zero attached hydrogens (tertiary/aromatic N) is 1. The molecule has 0 N–H and O–H groups in total. The van der Waals surface area contributed by atoms with Crippen LogP contribution in [0, 0.1) is 5.92 Å². The van der Waals surface area contributed by atoms with Crippen LogP contribution in [0.2, 0.25) is 0 Å². The van der Waals surface area contributed by atoms with Crippen molar-refractivity contribution in [3.63, 3.8) is 0 Å². The van der Waals surface area contributed by atoms with Gasteiger partial charge in [-0.05, 0) is 31.4 Å². The minimum atomic E-state index is -3.62. The van der Waals surface area contributed by atoms with E-state index in [0.29, 0.717) is 57.3 Å². The Balaban J connectivity index is 1.67. The molecule has 8 heteroatoms. The molecule has 7 nitrogen and oxygen atoms in total. The van der Waals surface area contributed by atoms with Gasteiger partial charge in [0.1, 0.15) is 13.2 Å². The molecule has 138 valence electrons. The Morgan fingerprint density at radius 3 is 2.56 bits per heavy atom. The number of carbonyl (C=O) groups is 1. The molecule has 0 atom stereocenters. The molecular formula is C17H23NO6S. The molecule has 0 aromatic heterocycles. The molecule has 1 aromatic carbocycles. The van der Waals surface area contributed by atoms with Crippen LogP contribution in [0.4, 0.5) is 0 Å². The van der Waals surface area contributed by atoms with Crippen molar-refractivity contribution in [3.05, 3.63) is 18.2 Å². The molecule has 0 amide bonds. The van der Waals surface area contributed by atoms with E-state index in [2.05, 4.69) is 0 Å². The number of carbonyl (C=O) groups excluding carboxylic acids is 1. The molecular weight excluding hydrogens is 346 g/mol. The van der Waals surface area contributed by atoms with Gasteiger partial charge in [0.25, 0.3) is 0 Å². The molecule has 1 fully saturated rings. The number of benzene rings is 1. The quantitative estimate of drug-likeness (QED) is 0.736. The maximum absolute atomic E-state index is 12.8. The summed E-state index contributed by atoms with van der Waals surface area (Å²) in [6, 6.07) is 4.66. The molecule has 0 aliphatic carbocycles. The standard InChI is InChI=1S/C17H23NO6S/c1-2-9-24-17(19)13-5-7-18(8-6-13)25(20,21)14-3-4-15-16(12-14)23-11-10-22-15/h3-4,12-13H,2,5-11H2,1H3. The Morgan fingerprint density at radius 2 is 1.88 bits per heavy atom. The topological polar surface area (TPSA) is 82.1 Å². The van der Waals surface area contributed by atoms with Crippen molar-refractivity contribution in [1.29, 1.82) is 0 Å². The fourth-order valence-electron chi connectivity index (χ4n) is 2.99. The van der Waals surface area contributed by atoms with Gasteiger partial charge in [0.15, 0.2) is 11.5 Å². The van der Waals surface area contributed by atoms with E-state index in [1.54, 1.807) is 6.07 Å². The fourth-order valence-corrected chi connectivity index (χ4v) is 4.47. The van der Waals surface area contributed by atoms with Gasteiger partial charge in [0.2, 0.25) is 10.0 Å². The lowest BCUT2D eigenvalue weighted by Gasteiger charge is -2.30. The summed E-state index contributed by atoms with van der Waals surface area (Å²) in [6.45, 7) is 3.83. The van der Waals surface area contributed by atoms with Crippen LogP contribution in [0.5, 0.6) is 11.5 Å². The highest BCUT2D eigenvalue weighted by atomic mass is 32.2. The van der Waals surface area contributed by atoms with Crippen molar-refractivity contribution in [1.82, 2.24) is 4.31 Å². The van der Waals surface area contributed by atoms with Gasteiger partial charge < -0.3 is 14.2 Å². The van der Waals surface area contributed by atoms with Gasteiger partial charge in [-0.15, -0.1) is 0 Å². The van der Waals surface area contributed by atoms with Gasteiger partial charge >= 0.3 is 5.97 Å². The van der Waals surface area contributed by atoms with Crippen molar-refractivity contribution in [2.45, 2.75) is 31.1 Å². The number of piperidine rings is 1. The highest BCUT2D eigenvalue weighted by Gasteiger charge is 2.33. The van der Waals surface area contributed by atoms with E-state index < -0.39 is 10.0 Å². The molecule has 0 bridgehead atoms. The maximum Gasteiger partial charge on any atom is 0.309 e. The van der Waals surface area contributed by atoms with Gasteiger partial charge in [0.05, 0.1) is 17.4 Å². The van der Waals surface area contributed by atoms with Crippen LogP contribution in [0.25, 0.3) is 0 Å². The van der Waals surface area contributed by atoms with Gasteiger partial charge in [-0.3, -0.25) is 4.79 Å². The zero-order valence-electron chi connectivity index (χ0n) is 14.3. The monoisotopic (exact) mass is 369 g/mol. The Labute approximate surface area is 147 Å². The number of esters is 1. The summed E-state index contributed by atoms with van der Waals surface area (Å²) in [5.41, 5.74) is 0. The van der Waals surface area contributed by atoms with Crippen molar-refractivity contribution >= 4 is 16.0 Å². The molecule has 0 unspecified atom stereocenters. The van der Waals surface area contributed by atoms with Gasteiger partial charge in [-0.25, -0.2) is 8.42 Å². The smallest absolute Gasteiger partial charge is 0.309 e. The lowest BCUT2D eigenvalue weighted by Crippen LogP contribution is -2.40. The van der Waals surface area contributed by atoms with Crippen molar-refractivity contribution in [3.8, 4) is 11.5 Å². The lowest BCUT2D eigenvalue weighted by atomic mass is 9.98. The third-order valence-corrected chi connectivity index (χ3v) is 6.28. The molecule has 1 saturated heterocycles. The molecule has 2 aliphatic rings. The van der Waals surface area contributed by atoms with Crippen LogP contribution >= 0.6 is 0 Å². The summed E-state index contributed by atoms with van der Waals surface area (Å²) in [6.07, 6.45) is 1.74. The first-order valence-corrected chi connectivity index (χ1v) is 10.0. The van der Waals surface area contributed by atoms with Crippen LogP contribution < -0.4 is 9.47 Å². The summed E-state index contributed by atoms with van der Waals surface area (Å²) in [5.74, 6) is 0.560. The number of hydrogen-bond donors (Lipinski definition) is 0. The number of ether oxygens (including phenoxy) is 3. The fraction of sp³-hybridized carbons (Fsp3) is 0.588. The Bertz CT molecular complexity index is 725. The van der Waals surface area contributed by atoms with E-state index in [4.69, 9.17) is 14.2 Å². The van der Waals surface area contributed by atoms with Crippen molar-refractivity contribution in [2.75, 3.05) is 32.9 Å². The minimum Gasteiger partial charge on any atom is -0.486 e. The minimum absolute atomic E-state index is 0.184. The lowest BCUT2D eigenvalue weighted by molar-refractivity contribution is -0.149. The molecule has 0 radical (unpaired) electrons. The maximum atomic E-state index is 12.8. The third-order valence-electron chi connectivity index (χ3n) is 4.39. The van der Waals surface area contributed by atoms with Gasteiger partial charge in [-0.2, -0.15) is 4.31 Å². The summed E-state index contributed by atoms with van der Waals surface area (Å²) in [7, 11) is -3.62. The van der Waals surface area contributed by atoms with Crippen LogP contribution in [0.1, 0.15) is 26.2 Å². The summed E-state index contributed by atoms with van der Waals surface area (Å²) in [5, 5.41) is 0. The molecule has 3 rings (SSSR count). The highest BCUT2D eigenvalue weighted by molar-refractivity contribution is 7.89. The first-order chi connectivity index (χ1) is 12.0. The van der Waals surface area contributed by atoms with E-state index in [9.17, 15) is 13.2 Å². The Hall–Kier alpha value is -1.80. The van der Waals surface area contributed by atoms with E-state index >= 15 is 0 Å². The average molecular weight is 369 g/mol. The van der Waals surface area contributed by atoms with Crippen LogP contribution in [-0.2, 0) is 19.6 Å². The number of rotatable bonds is 5. The third kappa shape index (κ3) is 3.90. The molecule has 2 heterocycles. The van der Waals surface area contributed by atoms with Crippen molar-refractivity contribution in [2.24, 2.45) is 5.92 Å². The number of fused-ring (bicyclic) bond motifs is 1. The first-order valence-electron chi connectivity index (χ1n) is 8.59. The largest absolute Gasteiger partial charge is 0.486 e. The zero-order valence-corrected chi connectivity index (χ0v) is 15.1. The van der Waals surface area contributed by atoms with Crippen molar-refractivity contribution < 1.29 is 27.4 Å². The highest BCUT2D eigenvalue weighted by Crippen LogP contribution is 2.34. The van der Waals surface area contributed by atoms with Crippen LogP contribution in [0.3, 0.4) is 0 Å². The second-order valence-electron chi connectivity index (χ2n) is 6.15. The SMILES string of the molecule is CCCOC(=O)C1CCN(S(=O)(=O)c2ccc3c(c2)OCCO3)CC1. The predicted molar refractivity (Wildman–Crippen MR) is 90.2 cm³/mol. The Kier molecular flexibility index (Phi) is 5.48. The van der Waals surface area contributed by atoms with E-state index in [1.165, 1.54) is 16.4 Å². The van der Waals surface area contributed by atoms with Crippen LogP contribution in [-0.4, -0.2) is 51.6 Å². The number of sulfonamides is 1. The number of hydrogen-bond acceptors (Lipinski definition) is 6. The zero-order chi connectivity index (χ0) is 17.9. The summed E-state index contributed by atoms with van der Waals surface area (Å²) < 4.78 is 43.1. The summed E-state index contributed by atoms with van der Waals surface area (Å²) >= 11 is 0. The molecule has 25 heavy (non-hydrogen) atoms. The van der Waals surface area contributed by atoms with Gasteiger partial charge in [0, 0.05) is 19.2 Å². The normalized spacial score (nSPS) is 18.8. The first kappa shape index (κ1) is 18.0. The molecule has 2 aliphatic heterocycles. The van der Waals surface area contributed by atoms with Crippen LogP contribution in [0.15, 0.2) is 23.1 Å². The second-order valence-corrected chi connectivity index (χ2v) is 8.09. The summed E-state index contributed by atoms with van der Waals surface area (Å²) in [4.78, 5) is 12.1. The van der Waals surface area contributed by atoms with E-state index in [0.717, 1.165) is 6.42 Å². The Morgan fingerprint density at radius 1 is 1.20 bits per heavy atom. The van der Waals surface area contributed by atoms with E-state index in [-0.39, 0.29) is 16.8 Å². The molecule has 0 spiro atoms. The molecule has 1 aromatic rings. The predicted octanol–water partition coefficient (Wildman–Crippen LogP) is 1.81.